The molecule has 0 aliphatic rings. The molecule has 0 saturated heterocycles. The van der Waals surface area contributed by atoms with E-state index in [0.29, 0.717) is 29.2 Å². The van der Waals surface area contributed by atoms with Gasteiger partial charge in [-0.3, -0.25) is 14.4 Å². The molecule has 130 valence electrons. The lowest BCUT2D eigenvalue weighted by molar-refractivity contribution is -0.116. The van der Waals surface area contributed by atoms with Crippen molar-refractivity contribution in [3.05, 3.63) is 59.7 Å². The van der Waals surface area contributed by atoms with E-state index in [2.05, 4.69) is 5.32 Å². The van der Waals surface area contributed by atoms with E-state index in [4.69, 9.17) is 4.74 Å². The van der Waals surface area contributed by atoms with Crippen LogP contribution in [0.1, 0.15) is 47.4 Å². The molecule has 25 heavy (non-hydrogen) atoms. The van der Waals surface area contributed by atoms with Gasteiger partial charge in [-0.2, -0.15) is 0 Å². The number of Topliss-reactive ketones (excluding diaryl/α,β-unsaturated/α-hetero) is 2. The van der Waals surface area contributed by atoms with Gasteiger partial charge in [0.2, 0.25) is 5.91 Å². The largest absolute Gasteiger partial charge is 0.494 e. The van der Waals surface area contributed by atoms with Crippen LogP contribution in [0.25, 0.3) is 0 Å². The summed E-state index contributed by atoms with van der Waals surface area (Å²) in [6.07, 6.45) is 0.197. The van der Waals surface area contributed by atoms with Crippen molar-refractivity contribution < 1.29 is 19.1 Å². The summed E-state index contributed by atoms with van der Waals surface area (Å²) in [5.74, 6) is 0.277. The average Bonchev–Trinajstić information content (AvgIpc) is 2.61. The molecule has 0 aliphatic heterocycles. The molecule has 5 nitrogen and oxygen atoms in total. The Labute approximate surface area is 147 Å². The molecule has 0 heterocycles. The summed E-state index contributed by atoms with van der Waals surface area (Å²) in [6, 6.07) is 13.6. The number of hydrogen-bond acceptors (Lipinski definition) is 4. The van der Waals surface area contributed by atoms with Gasteiger partial charge in [0.05, 0.1) is 6.61 Å². The van der Waals surface area contributed by atoms with Crippen molar-refractivity contribution in [3.8, 4) is 5.75 Å². The zero-order chi connectivity index (χ0) is 18.2. The lowest BCUT2D eigenvalue weighted by Gasteiger charge is -2.07. The maximum atomic E-state index is 12.1. The SMILES string of the molecule is CCOc1ccc(C(=O)CCC(=O)Nc2cccc(C(C)=O)c2)cc1. The molecular weight excluding hydrogens is 318 g/mol. The number of hydrogen-bond donors (Lipinski definition) is 1. The summed E-state index contributed by atoms with van der Waals surface area (Å²) < 4.78 is 5.33. The van der Waals surface area contributed by atoms with Crippen LogP contribution in [0.2, 0.25) is 0 Å². The zero-order valence-electron chi connectivity index (χ0n) is 14.4. The summed E-state index contributed by atoms with van der Waals surface area (Å²) >= 11 is 0. The summed E-state index contributed by atoms with van der Waals surface area (Å²) in [5.41, 5.74) is 1.63. The standard InChI is InChI=1S/C20H21NO4/c1-3-25-18-9-7-15(8-10-18)19(23)11-12-20(24)21-17-6-4-5-16(13-17)14(2)22/h4-10,13H,3,11-12H2,1-2H3,(H,21,24). The zero-order valence-corrected chi connectivity index (χ0v) is 14.4. The van der Waals surface area contributed by atoms with Gasteiger partial charge in [0, 0.05) is 29.7 Å². The minimum atomic E-state index is -0.264. The molecule has 0 aromatic heterocycles. The van der Waals surface area contributed by atoms with Crippen LogP contribution in [-0.2, 0) is 4.79 Å². The number of ether oxygens (including phenoxy) is 1. The van der Waals surface area contributed by atoms with E-state index in [1.165, 1.54) is 6.92 Å². The van der Waals surface area contributed by atoms with Gasteiger partial charge < -0.3 is 10.1 Å². The molecule has 0 fully saturated rings. The Morgan fingerprint density at radius 2 is 1.68 bits per heavy atom. The Kier molecular flexibility index (Phi) is 6.46. The van der Waals surface area contributed by atoms with Crippen LogP contribution in [0.5, 0.6) is 5.75 Å². The third-order valence-electron chi connectivity index (χ3n) is 3.62. The monoisotopic (exact) mass is 339 g/mol. The van der Waals surface area contributed by atoms with Gasteiger partial charge in [-0.1, -0.05) is 12.1 Å². The van der Waals surface area contributed by atoms with E-state index in [1.807, 2.05) is 6.92 Å². The Bertz CT molecular complexity index is 766. The summed E-state index contributed by atoms with van der Waals surface area (Å²) in [5, 5.41) is 2.71. The number of benzene rings is 2. The fourth-order valence-electron chi connectivity index (χ4n) is 2.31. The second-order valence-electron chi connectivity index (χ2n) is 5.57. The van der Waals surface area contributed by atoms with E-state index >= 15 is 0 Å². The first kappa shape index (κ1) is 18.4. The van der Waals surface area contributed by atoms with Gasteiger partial charge in [-0.25, -0.2) is 0 Å². The lowest BCUT2D eigenvalue weighted by atomic mass is 10.1. The molecule has 2 aromatic rings. The average molecular weight is 339 g/mol. The van der Waals surface area contributed by atoms with Crippen molar-refractivity contribution in [2.24, 2.45) is 0 Å². The number of amides is 1. The fourth-order valence-corrected chi connectivity index (χ4v) is 2.31. The predicted octanol–water partition coefficient (Wildman–Crippen LogP) is 3.89. The van der Waals surface area contributed by atoms with Crippen LogP contribution in [0, 0.1) is 0 Å². The fraction of sp³-hybridized carbons (Fsp3) is 0.250. The normalized spacial score (nSPS) is 10.2. The molecule has 0 atom stereocenters. The Morgan fingerprint density at radius 3 is 2.32 bits per heavy atom. The van der Waals surface area contributed by atoms with Gasteiger partial charge in [0.1, 0.15) is 5.75 Å². The first-order valence-electron chi connectivity index (χ1n) is 8.16. The number of carbonyl (C=O) groups excluding carboxylic acids is 3. The van der Waals surface area contributed by atoms with E-state index in [1.54, 1.807) is 48.5 Å². The first-order valence-corrected chi connectivity index (χ1v) is 8.16. The minimum Gasteiger partial charge on any atom is -0.494 e. The summed E-state index contributed by atoms with van der Waals surface area (Å²) in [7, 11) is 0. The highest BCUT2D eigenvalue weighted by Crippen LogP contribution is 2.15. The minimum absolute atomic E-state index is 0.0678. The molecule has 0 saturated carbocycles. The van der Waals surface area contributed by atoms with Gasteiger partial charge in [0.25, 0.3) is 0 Å². The van der Waals surface area contributed by atoms with Crippen LogP contribution in [0.3, 0.4) is 0 Å². The van der Waals surface area contributed by atoms with Crippen molar-refractivity contribution in [1.82, 2.24) is 0 Å². The van der Waals surface area contributed by atoms with Crippen LogP contribution in [0.15, 0.2) is 48.5 Å². The van der Waals surface area contributed by atoms with E-state index in [0.717, 1.165) is 0 Å². The molecule has 0 aliphatic carbocycles. The number of carbonyl (C=O) groups is 3. The Morgan fingerprint density at radius 1 is 0.960 bits per heavy atom. The van der Waals surface area contributed by atoms with Crippen LogP contribution in [0.4, 0.5) is 5.69 Å². The number of anilines is 1. The second kappa shape index (κ2) is 8.78. The van der Waals surface area contributed by atoms with Crippen molar-refractivity contribution in [1.29, 1.82) is 0 Å². The number of ketones is 2. The van der Waals surface area contributed by atoms with Crippen LogP contribution in [-0.4, -0.2) is 24.1 Å². The second-order valence-corrected chi connectivity index (χ2v) is 5.57. The van der Waals surface area contributed by atoms with Gasteiger partial charge in [-0.05, 0) is 50.2 Å². The topological polar surface area (TPSA) is 72.5 Å². The third kappa shape index (κ3) is 5.57. The number of rotatable bonds is 8. The maximum Gasteiger partial charge on any atom is 0.224 e. The molecule has 0 unspecified atom stereocenters. The van der Waals surface area contributed by atoms with E-state index < -0.39 is 0 Å². The lowest BCUT2D eigenvalue weighted by Crippen LogP contribution is -2.13. The molecule has 0 spiro atoms. The van der Waals surface area contributed by atoms with Gasteiger partial charge >= 0.3 is 0 Å². The third-order valence-corrected chi connectivity index (χ3v) is 3.62. The molecule has 0 radical (unpaired) electrons. The summed E-state index contributed by atoms with van der Waals surface area (Å²) in [6.45, 7) is 3.93. The Hall–Kier alpha value is -2.95. The van der Waals surface area contributed by atoms with Crippen molar-refractivity contribution in [2.45, 2.75) is 26.7 Å². The van der Waals surface area contributed by atoms with Crippen molar-refractivity contribution in [2.75, 3.05) is 11.9 Å². The summed E-state index contributed by atoms with van der Waals surface area (Å²) in [4.78, 5) is 35.5. The van der Waals surface area contributed by atoms with Crippen molar-refractivity contribution >= 4 is 23.2 Å². The first-order chi connectivity index (χ1) is 12.0. The van der Waals surface area contributed by atoms with Gasteiger partial charge in [0.15, 0.2) is 11.6 Å². The van der Waals surface area contributed by atoms with Crippen LogP contribution < -0.4 is 10.1 Å². The molecule has 1 N–H and O–H groups in total. The highest BCUT2D eigenvalue weighted by molar-refractivity contribution is 6.00. The Balaban J connectivity index is 1.87. The van der Waals surface area contributed by atoms with Crippen LogP contribution >= 0.6 is 0 Å². The molecule has 2 aromatic carbocycles. The predicted molar refractivity (Wildman–Crippen MR) is 96.3 cm³/mol. The molecule has 2 rings (SSSR count). The van der Waals surface area contributed by atoms with Gasteiger partial charge in [-0.15, -0.1) is 0 Å². The quantitative estimate of drug-likeness (QED) is 0.741. The maximum absolute atomic E-state index is 12.1. The highest BCUT2D eigenvalue weighted by Gasteiger charge is 2.10. The van der Waals surface area contributed by atoms with E-state index in [-0.39, 0.29) is 30.3 Å². The molecule has 1 amide bonds. The van der Waals surface area contributed by atoms with E-state index in [9.17, 15) is 14.4 Å². The molecule has 5 heteroatoms. The smallest absolute Gasteiger partial charge is 0.224 e. The highest BCUT2D eigenvalue weighted by atomic mass is 16.5. The molecule has 0 bridgehead atoms. The number of nitrogens with one attached hydrogen (secondary N) is 1. The van der Waals surface area contributed by atoms with Crippen molar-refractivity contribution in [3.63, 3.8) is 0 Å². The molecular formula is C20H21NO4.